The summed E-state index contributed by atoms with van der Waals surface area (Å²) in [5.41, 5.74) is 18.6. The lowest BCUT2D eigenvalue weighted by Crippen LogP contribution is -2.62. The van der Waals surface area contributed by atoms with Gasteiger partial charge in [0, 0.05) is 34.1 Å². The van der Waals surface area contributed by atoms with Crippen LogP contribution in [-0.4, -0.2) is 6.71 Å². The summed E-state index contributed by atoms with van der Waals surface area (Å²) < 4.78 is 0. The van der Waals surface area contributed by atoms with Crippen LogP contribution in [0.1, 0.15) is 111 Å². The molecule has 2 aliphatic heterocycles. The zero-order valence-electron chi connectivity index (χ0n) is 32.7. The first-order valence-corrected chi connectivity index (χ1v) is 18.5. The molecule has 5 aromatic rings. The van der Waals surface area contributed by atoms with E-state index in [1.54, 1.807) is 0 Å². The largest absolute Gasteiger partial charge is 0.311 e. The number of hydrogen-bond acceptors (Lipinski definition) is 2. The first kappa shape index (κ1) is 34.2. The molecule has 5 aromatic carbocycles. The summed E-state index contributed by atoms with van der Waals surface area (Å²) in [6, 6.07) is 37.8. The van der Waals surface area contributed by atoms with Crippen LogP contribution in [0, 0.1) is 6.92 Å². The molecule has 0 spiro atoms. The highest BCUT2D eigenvalue weighted by Gasteiger charge is 2.44. The summed E-state index contributed by atoms with van der Waals surface area (Å²) in [6.07, 6.45) is 0. The van der Waals surface area contributed by atoms with Gasteiger partial charge < -0.3 is 9.80 Å². The average Bonchev–Trinajstić information content (AvgIpc) is 3.03. The molecule has 0 atom stereocenters. The molecule has 0 aromatic heterocycles. The number of nitrogens with zero attached hydrogens (tertiary/aromatic N) is 2. The molecule has 0 saturated carbocycles. The van der Waals surface area contributed by atoms with Crippen LogP contribution in [0.3, 0.4) is 0 Å². The van der Waals surface area contributed by atoms with E-state index in [0.717, 1.165) is 0 Å². The van der Waals surface area contributed by atoms with E-state index in [-0.39, 0.29) is 28.4 Å². The van der Waals surface area contributed by atoms with E-state index in [2.05, 4.69) is 197 Å². The van der Waals surface area contributed by atoms with Crippen molar-refractivity contribution in [1.82, 2.24) is 0 Å². The Morgan fingerprint density at radius 2 is 0.760 bits per heavy atom. The van der Waals surface area contributed by atoms with E-state index in [1.807, 2.05) is 0 Å². The predicted octanol–water partition coefficient (Wildman–Crippen LogP) is 11.3. The van der Waals surface area contributed by atoms with E-state index in [0.29, 0.717) is 0 Å². The van der Waals surface area contributed by atoms with Gasteiger partial charge in [-0.1, -0.05) is 138 Å². The molecule has 0 bridgehead atoms. The Balaban J connectivity index is 1.57. The molecule has 7 rings (SSSR count). The van der Waals surface area contributed by atoms with Crippen molar-refractivity contribution in [2.45, 2.75) is 112 Å². The number of fused-ring (bicyclic) bond motifs is 4. The smallest absolute Gasteiger partial charge is 0.252 e. The molecule has 0 unspecified atom stereocenters. The quantitative estimate of drug-likeness (QED) is 0.171. The summed E-state index contributed by atoms with van der Waals surface area (Å²) in [7, 11) is 0. The van der Waals surface area contributed by atoms with Crippen molar-refractivity contribution in [2.24, 2.45) is 0 Å². The van der Waals surface area contributed by atoms with Crippen LogP contribution in [0.15, 0.2) is 97.1 Å². The summed E-state index contributed by atoms with van der Waals surface area (Å²) in [6.45, 7) is 30.1. The van der Waals surface area contributed by atoms with Crippen molar-refractivity contribution in [2.75, 3.05) is 9.80 Å². The second-order valence-electron chi connectivity index (χ2n) is 18.9. The van der Waals surface area contributed by atoms with E-state index in [4.69, 9.17) is 0 Å². The van der Waals surface area contributed by atoms with Crippen LogP contribution >= 0.6 is 0 Å². The zero-order valence-corrected chi connectivity index (χ0v) is 32.7. The number of aryl methyl sites for hydroxylation is 1. The third-order valence-electron chi connectivity index (χ3n) is 11.0. The van der Waals surface area contributed by atoms with Crippen LogP contribution in [0.2, 0.25) is 0 Å². The van der Waals surface area contributed by atoms with Gasteiger partial charge in [-0.25, -0.2) is 0 Å². The lowest BCUT2D eigenvalue weighted by atomic mass is 9.33. The Morgan fingerprint density at radius 1 is 0.400 bits per heavy atom. The Kier molecular flexibility index (Phi) is 7.80. The molecule has 256 valence electrons. The second kappa shape index (κ2) is 11.4. The van der Waals surface area contributed by atoms with Crippen molar-refractivity contribution < 1.29 is 0 Å². The van der Waals surface area contributed by atoms with Crippen molar-refractivity contribution >= 4 is 57.2 Å². The lowest BCUT2D eigenvalue weighted by Gasteiger charge is -2.45. The predicted molar refractivity (Wildman–Crippen MR) is 220 cm³/mol. The standard InChI is InChI=1S/C47H55BN2/c1-30-14-25-41-42-43(30)50(36-23-17-32(18-24-36)45(5,6)7)40-27-20-34(47(11,12)13)29-38(40)48(42)37-28-33(46(8,9)10)19-26-39(37)49(41)35-21-15-31(16-22-35)44(2,3)4/h14-29H,1-13H3. The molecule has 0 radical (unpaired) electrons. The number of hydrogen-bond donors (Lipinski definition) is 0. The Morgan fingerprint density at radius 3 is 1.18 bits per heavy atom. The highest BCUT2D eigenvalue weighted by atomic mass is 15.2. The third-order valence-corrected chi connectivity index (χ3v) is 11.0. The SMILES string of the molecule is Cc1ccc2c3c1N(c1ccc(C(C)(C)C)cc1)c1ccc(C(C)(C)C)cc1B3c1cc(C(C)(C)C)ccc1N2c1ccc(C(C)(C)C)cc1. The lowest BCUT2D eigenvalue weighted by molar-refractivity contribution is 0.590. The Hall–Kier alpha value is -4.24. The van der Waals surface area contributed by atoms with E-state index < -0.39 is 0 Å². The van der Waals surface area contributed by atoms with Gasteiger partial charge in [-0.3, -0.25) is 0 Å². The van der Waals surface area contributed by atoms with Gasteiger partial charge in [-0.05, 0) is 115 Å². The van der Waals surface area contributed by atoms with Gasteiger partial charge in [0.05, 0.1) is 0 Å². The molecule has 0 aliphatic carbocycles. The summed E-state index contributed by atoms with van der Waals surface area (Å²) in [4.78, 5) is 5.08. The molecule has 3 heteroatoms. The molecule has 2 heterocycles. The van der Waals surface area contributed by atoms with Gasteiger partial charge in [0.1, 0.15) is 0 Å². The van der Waals surface area contributed by atoms with Crippen molar-refractivity contribution in [1.29, 1.82) is 0 Å². The fourth-order valence-electron chi connectivity index (χ4n) is 7.89. The fraction of sp³-hybridized carbons (Fsp3) is 0.362. The minimum Gasteiger partial charge on any atom is -0.311 e. The molecule has 0 amide bonds. The highest BCUT2D eigenvalue weighted by Crippen LogP contribution is 2.46. The molecule has 0 N–H and O–H groups in total. The maximum Gasteiger partial charge on any atom is 0.252 e. The number of anilines is 6. The van der Waals surface area contributed by atoms with E-state index in [9.17, 15) is 0 Å². The highest BCUT2D eigenvalue weighted by molar-refractivity contribution is 7.00. The maximum absolute atomic E-state index is 2.55. The Labute approximate surface area is 302 Å². The first-order valence-electron chi connectivity index (χ1n) is 18.5. The van der Waals surface area contributed by atoms with Crippen LogP contribution < -0.4 is 26.2 Å². The third kappa shape index (κ3) is 5.67. The summed E-state index contributed by atoms with van der Waals surface area (Å²) in [5.74, 6) is 0. The average molecular weight is 659 g/mol. The van der Waals surface area contributed by atoms with Crippen molar-refractivity contribution in [3.05, 3.63) is 125 Å². The first-order chi connectivity index (χ1) is 23.2. The summed E-state index contributed by atoms with van der Waals surface area (Å²) in [5, 5.41) is 0. The summed E-state index contributed by atoms with van der Waals surface area (Å²) >= 11 is 0. The Bertz CT molecular complexity index is 2070. The van der Waals surface area contributed by atoms with Crippen molar-refractivity contribution in [3.63, 3.8) is 0 Å². The molecule has 2 aliphatic rings. The molecule has 2 nitrogen and oxygen atoms in total. The number of rotatable bonds is 2. The van der Waals surface area contributed by atoms with Gasteiger partial charge in [0.2, 0.25) is 0 Å². The van der Waals surface area contributed by atoms with E-state index in [1.165, 1.54) is 78.3 Å². The van der Waals surface area contributed by atoms with Crippen LogP contribution in [-0.2, 0) is 21.7 Å². The molecular formula is C47H55BN2. The van der Waals surface area contributed by atoms with Gasteiger partial charge in [-0.2, -0.15) is 0 Å². The van der Waals surface area contributed by atoms with Gasteiger partial charge in [0.25, 0.3) is 6.71 Å². The molecule has 50 heavy (non-hydrogen) atoms. The maximum atomic E-state index is 2.55. The molecule has 0 fully saturated rings. The monoisotopic (exact) mass is 658 g/mol. The molecule has 0 saturated heterocycles. The van der Waals surface area contributed by atoms with Crippen LogP contribution in [0.25, 0.3) is 0 Å². The molecular weight excluding hydrogens is 603 g/mol. The topological polar surface area (TPSA) is 6.48 Å². The fourth-order valence-corrected chi connectivity index (χ4v) is 7.89. The van der Waals surface area contributed by atoms with Gasteiger partial charge in [0.15, 0.2) is 0 Å². The number of benzene rings is 5. The normalized spacial score (nSPS) is 14.4. The zero-order chi connectivity index (χ0) is 36.1. The van der Waals surface area contributed by atoms with Crippen molar-refractivity contribution in [3.8, 4) is 0 Å². The minimum atomic E-state index is 0.0233. The minimum absolute atomic E-state index is 0.0233. The van der Waals surface area contributed by atoms with Gasteiger partial charge >= 0.3 is 0 Å². The second-order valence-corrected chi connectivity index (χ2v) is 18.9. The van der Waals surface area contributed by atoms with Crippen LogP contribution in [0.4, 0.5) is 34.1 Å². The van der Waals surface area contributed by atoms with E-state index >= 15 is 0 Å². The van der Waals surface area contributed by atoms with Crippen LogP contribution in [0.5, 0.6) is 0 Å². The van der Waals surface area contributed by atoms with Gasteiger partial charge in [-0.15, -0.1) is 0 Å².